The van der Waals surface area contributed by atoms with E-state index in [1.807, 2.05) is 38.2 Å². The number of halogens is 1. The van der Waals surface area contributed by atoms with E-state index in [0.29, 0.717) is 17.1 Å². The van der Waals surface area contributed by atoms with Crippen molar-refractivity contribution >= 4 is 28.9 Å². The number of carbonyl (C=O) groups is 2. The lowest BCUT2D eigenvalue weighted by Crippen LogP contribution is -2.54. The minimum atomic E-state index is -0.213. The summed E-state index contributed by atoms with van der Waals surface area (Å²) >= 11 is 6.56. The van der Waals surface area contributed by atoms with Crippen LogP contribution in [-0.2, 0) is 22.7 Å². The number of fused-ring (bicyclic) bond motifs is 2. The number of aryl methyl sites for hydroxylation is 1. The first-order valence-electron chi connectivity index (χ1n) is 13.0. The van der Waals surface area contributed by atoms with E-state index in [4.69, 9.17) is 16.6 Å². The van der Waals surface area contributed by atoms with Gasteiger partial charge in [0.1, 0.15) is 6.33 Å². The zero-order valence-electron chi connectivity index (χ0n) is 22.0. The number of benzene rings is 1. The third-order valence-corrected chi connectivity index (χ3v) is 8.96. The Bertz CT molecular complexity index is 1400. The second kappa shape index (κ2) is 8.61. The van der Waals surface area contributed by atoms with Crippen molar-refractivity contribution in [2.45, 2.75) is 59.8 Å². The van der Waals surface area contributed by atoms with Gasteiger partial charge in [-0.3, -0.25) is 19.4 Å². The molecule has 2 unspecified atom stereocenters. The Morgan fingerprint density at radius 1 is 1.05 bits per heavy atom. The normalized spacial score (nSPS) is 27.2. The lowest BCUT2D eigenvalue weighted by molar-refractivity contribution is -0.143. The summed E-state index contributed by atoms with van der Waals surface area (Å²) in [4.78, 5) is 34.4. The van der Waals surface area contributed by atoms with Crippen molar-refractivity contribution in [1.82, 2.24) is 29.7 Å². The summed E-state index contributed by atoms with van der Waals surface area (Å²) < 4.78 is 1.78. The second-order valence-corrected chi connectivity index (χ2v) is 12.0. The van der Waals surface area contributed by atoms with Gasteiger partial charge in [-0.1, -0.05) is 25.4 Å². The zero-order chi connectivity index (χ0) is 26.2. The van der Waals surface area contributed by atoms with Crippen LogP contribution in [-0.4, -0.2) is 61.4 Å². The molecule has 4 atom stereocenters. The van der Waals surface area contributed by atoms with Gasteiger partial charge in [0, 0.05) is 48.5 Å². The molecule has 9 heteroatoms. The Morgan fingerprint density at radius 2 is 1.73 bits per heavy atom. The topological polar surface area (TPSA) is 82.8 Å². The van der Waals surface area contributed by atoms with Crippen LogP contribution >= 0.6 is 11.6 Å². The van der Waals surface area contributed by atoms with Crippen molar-refractivity contribution < 1.29 is 9.59 Å². The third kappa shape index (κ3) is 3.88. The van der Waals surface area contributed by atoms with Crippen LogP contribution in [0.1, 0.15) is 44.4 Å². The van der Waals surface area contributed by atoms with Crippen LogP contribution in [0, 0.1) is 24.2 Å². The maximum Gasteiger partial charge on any atom is 0.233 e. The summed E-state index contributed by atoms with van der Waals surface area (Å²) in [5.41, 5.74) is 5.56. The summed E-state index contributed by atoms with van der Waals surface area (Å²) in [6, 6.07) is 6.80. The molecule has 1 aromatic carbocycles. The lowest BCUT2D eigenvalue weighted by atomic mass is 9.96. The molecule has 3 aliphatic rings. The van der Waals surface area contributed by atoms with Gasteiger partial charge in [-0.05, 0) is 61.1 Å². The molecule has 8 nitrogen and oxygen atoms in total. The summed E-state index contributed by atoms with van der Waals surface area (Å²) in [6.07, 6.45) is 3.43. The van der Waals surface area contributed by atoms with Crippen LogP contribution < -0.4 is 5.32 Å². The largest absolute Gasteiger partial charge is 0.314 e. The van der Waals surface area contributed by atoms with Gasteiger partial charge in [-0.15, -0.1) is 0 Å². The molecule has 194 valence electrons. The van der Waals surface area contributed by atoms with Crippen LogP contribution in [0.4, 0.5) is 0 Å². The van der Waals surface area contributed by atoms with Gasteiger partial charge in [0.2, 0.25) is 11.8 Å². The molecule has 6 rings (SSSR count). The van der Waals surface area contributed by atoms with Crippen LogP contribution in [0.5, 0.6) is 0 Å². The Labute approximate surface area is 222 Å². The van der Waals surface area contributed by atoms with E-state index in [-0.39, 0.29) is 35.6 Å². The Morgan fingerprint density at radius 3 is 2.41 bits per heavy atom. The minimum absolute atomic E-state index is 0.0615. The molecule has 0 bridgehead atoms. The average molecular weight is 521 g/mol. The Kier molecular flexibility index (Phi) is 5.71. The standard InChI is InChI=1S/C28H33ClN6O2/c1-15-6-19(29)8-20(21(15)13-33-16(2)9-30-10-17(33)3)25-22-7-18(12-35(22)32-14-31-25)11-34-26(36)23-24(27(34)37)28(23,4)5/h6-8,12,14,16-17,23-24,30H,9-11,13H2,1-5H3/t16-,17-,23?,24?/m0/s1. The minimum Gasteiger partial charge on any atom is -0.314 e. The number of piperidine rings is 1. The maximum atomic E-state index is 12.9. The summed E-state index contributed by atoms with van der Waals surface area (Å²) in [5, 5.41) is 8.59. The molecular weight excluding hydrogens is 488 g/mol. The van der Waals surface area contributed by atoms with Crippen LogP contribution in [0.3, 0.4) is 0 Å². The Balaban J connectivity index is 1.36. The van der Waals surface area contributed by atoms with Gasteiger partial charge in [0.25, 0.3) is 0 Å². The van der Waals surface area contributed by atoms with Crippen molar-refractivity contribution in [3.8, 4) is 11.3 Å². The predicted octanol–water partition coefficient (Wildman–Crippen LogP) is 3.68. The van der Waals surface area contributed by atoms with Crippen molar-refractivity contribution in [2.75, 3.05) is 13.1 Å². The number of hydrogen-bond acceptors (Lipinski definition) is 6. The van der Waals surface area contributed by atoms with E-state index in [9.17, 15) is 9.59 Å². The van der Waals surface area contributed by atoms with Crippen molar-refractivity contribution in [3.63, 3.8) is 0 Å². The highest BCUT2D eigenvalue weighted by Crippen LogP contribution is 2.63. The van der Waals surface area contributed by atoms with Crippen LogP contribution in [0.2, 0.25) is 5.02 Å². The summed E-state index contributed by atoms with van der Waals surface area (Å²) in [6.45, 7) is 13.6. The fourth-order valence-corrected chi connectivity index (χ4v) is 6.75. The van der Waals surface area contributed by atoms with E-state index in [0.717, 1.165) is 47.5 Å². The van der Waals surface area contributed by atoms with E-state index in [1.165, 1.54) is 10.5 Å². The number of likely N-dealkylation sites (tertiary alicyclic amines) is 1. The molecule has 2 amide bonds. The van der Waals surface area contributed by atoms with Gasteiger partial charge in [0.15, 0.2) is 0 Å². The second-order valence-electron chi connectivity index (χ2n) is 11.6. The van der Waals surface area contributed by atoms with E-state index in [1.54, 1.807) is 10.8 Å². The molecule has 2 aliphatic heterocycles. The number of carbonyl (C=O) groups excluding carboxylic acids is 2. The highest BCUT2D eigenvalue weighted by molar-refractivity contribution is 6.31. The molecule has 3 aromatic rings. The molecule has 4 heterocycles. The molecule has 1 aliphatic carbocycles. The number of amides is 2. The predicted molar refractivity (Wildman–Crippen MR) is 142 cm³/mol. The van der Waals surface area contributed by atoms with Gasteiger partial charge in [-0.2, -0.15) is 5.10 Å². The lowest BCUT2D eigenvalue weighted by Gasteiger charge is -2.40. The number of rotatable bonds is 5. The zero-order valence-corrected chi connectivity index (χ0v) is 22.7. The highest BCUT2D eigenvalue weighted by atomic mass is 35.5. The number of piperazine rings is 1. The molecule has 0 radical (unpaired) electrons. The van der Waals surface area contributed by atoms with Gasteiger partial charge >= 0.3 is 0 Å². The molecular formula is C28H33ClN6O2. The van der Waals surface area contributed by atoms with E-state index < -0.39 is 0 Å². The summed E-state index contributed by atoms with van der Waals surface area (Å²) in [7, 11) is 0. The average Bonchev–Trinajstić information content (AvgIpc) is 3.08. The molecule has 2 aromatic heterocycles. The molecule has 3 fully saturated rings. The van der Waals surface area contributed by atoms with Gasteiger partial charge < -0.3 is 5.32 Å². The summed E-state index contributed by atoms with van der Waals surface area (Å²) in [5.74, 6) is -0.486. The first-order chi connectivity index (χ1) is 17.6. The highest BCUT2D eigenvalue weighted by Gasteiger charge is 2.72. The number of aromatic nitrogens is 3. The van der Waals surface area contributed by atoms with E-state index in [2.05, 4.69) is 36.1 Å². The number of imide groups is 1. The number of nitrogens with one attached hydrogen (secondary N) is 1. The van der Waals surface area contributed by atoms with Gasteiger partial charge in [-0.25, -0.2) is 9.50 Å². The Hall–Kier alpha value is -2.81. The van der Waals surface area contributed by atoms with Crippen molar-refractivity contribution in [1.29, 1.82) is 0 Å². The van der Waals surface area contributed by atoms with Gasteiger partial charge in [0.05, 0.1) is 29.6 Å². The monoisotopic (exact) mass is 520 g/mol. The third-order valence-electron chi connectivity index (χ3n) is 8.74. The molecule has 37 heavy (non-hydrogen) atoms. The SMILES string of the molecule is Cc1cc(Cl)cc(-c2ncnn3cc(CN4C(=O)C5C(C4=O)C5(C)C)cc23)c1CN1[C@@H](C)CNC[C@@H]1C. The first-order valence-corrected chi connectivity index (χ1v) is 13.4. The van der Waals surface area contributed by atoms with E-state index >= 15 is 0 Å². The van der Waals surface area contributed by atoms with Crippen molar-refractivity contribution in [2.24, 2.45) is 17.3 Å². The van der Waals surface area contributed by atoms with Crippen molar-refractivity contribution in [3.05, 3.63) is 52.4 Å². The number of nitrogens with zero attached hydrogens (tertiary/aromatic N) is 5. The molecule has 0 spiro atoms. The smallest absolute Gasteiger partial charge is 0.233 e. The quantitative estimate of drug-likeness (QED) is 0.517. The fraction of sp³-hybridized carbons (Fsp3) is 0.500. The first kappa shape index (κ1) is 24.5. The van der Waals surface area contributed by atoms with Crippen LogP contribution in [0.25, 0.3) is 16.8 Å². The number of hydrogen-bond donors (Lipinski definition) is 1. The van der Waals surface area contributed by atoms with Crippen LogP contribution in [0.15, 0.2) is 30.7 Å². The maximum absolute atomic E-state index is 12.9. The molecule has 2 saturated heterocycles. The molecule has 1 saturated carbocycles. The fourth-order valence-electron chi connectivity index (χ4n) is 6.48. The molecule has 1 N–H and O–H groups in total.